The SMILES string of the molecule is CCc1cnc(NC(=O)NCc2ccccc2CO)s1. The number of carbonyl (C=O) groups is 1. The van der Waals surface area contributed by atoms with Crippen LogP contribution in [0.3, 0.4) is 0 Å². The van der Waals surface area contributed by atoms with Crippen molar-refractivity contribution in [3.63, 3.8) is 0 Å². The summed E-state index contributed by atoms with van der Waals surface area (Å²) in [6, 6.07) is 7.15. The first kappa shape index (κ1) is 14.5. The van der Waals surface area contributed by atoms with E-state index in [9.17, 15) is 9.90 Å². The number of aromatic nitrogens is 1. The second-order valence-corrected chi connectivity index (χ2v) is 5.33. The molecule has 0 fully saturated rings. The number of rotatable bonds is 5. The van der Waals surface area contributed by atoms with Crippen LogP contribution in [0.4, 0.5) is 9.93 Å². The Morgan fingerprint density at radius 1 is 1.35 bits per heavy atom. The lowest BCUT2D eigenvalue weighted by molar-refractivity contribution is 0.251. The Hall–Kier alpha value is -1.92. The summed E-state index contributed by atoms with van der Waals surface area (Å²) in [4.78, 5) is 17.0. The van der Waals surface area contributed by atoms with E-state index in [2.05, 4.69) is 15.6 Å². The average molecular weight is 291 g/mol. The number of aliphatic hydroxyl groups excluding tert-OH is 1. The first-order chi connectivity index (χ1) is 9.72. The molecule has 0 spiro atoms. The third kappa shape index (κ3) is 3.79. The highest BCUT2D eigenvalue weighted by Crippen LogP contribution is 2.18. The predicted molar refractivity (Wildman–Crippen MR) is 79.7 cm³/mol. The van der Waals surface area contributed by atoms with Gasteiger partial charge in [0.15, 0.2) is 5.13 Å². The van der Waals surface area contributed by atoms with Crippen LogP contribution in [0.15, 0.2) is 30.5 Å². The molecule has 3 N–H and O–H groups in total. The molecule has 20 heavy (non-hydrogen) atoms. The van der Waals surface area contributed by atoms with Crippen molar-refractivity contribution in [3.05, 3.63) is 46.5 Å². The molecule has 0 atom stereocenters. The number of nitrogens with zero attached hydrogens (tertiary/aromatic N) is 1. The van der Waals surface area contributed by atoms with E-state index in [-0.39, 0.29) is 12.6 Å². The summed E-state index contributed by atoms with van der Waals surface area (Å²) < 4.78 is 0. The van der Waals surface area contributed by atoms with Crippen molar-refractivity contribution in [1.29, 1.82) is 0 Å². The van der Waals surface area contributed by atoms with Gasteiger partial charge in [-0.1, -0.05) is 31.2 Å². The van der Waals surface area contributed by atoms with Crippen LogP contribution in [-0.4, -0.2) is 16.1 Å². The normalized spacial score (nSPS) is 10.3. The standard InChI is InChI=1S/C14H17N3O2S/c1-2-12-8-16-14(20-12)17-13(19)15-7-10-5-3-4-6-11(10)9-18/h3-6,8,18H,2,7,9H2,1H3,(H2,15,16,17,19). The van der Waals surface area contributed by atoms with Gasteiger partial charge in [-0.3, -0.25) is 5.32 Å². The summed E-state index contributed by atoms with van der Waals surface area (Å²) in [7, 11) is 0. The Labute approximate surface area is 121 Å². The zero-order valence-corrected chi connectivity index (χ0v) is 12.0. The minimum Gasteiger partial charge on any atom is -0.392 e. The molecule has 1 heterocycles. The molecule has 0 aliphatic heterocycles. The molecule has 2 rings (SSSR count). The number of hydrogen-bond donors (Lipinski definition) is 3. The Kier molecular flexibility index (Phi) is 5.09. The number of benzene rings is 1. The van der Waals surface area contributed by atoms with E-state index in [1.54, 1.807) is 6.20 Å². The molecule has 2 aromatic rings. The van der Waals surface area contributed by atoms with Gasteiger partial charge >= 0.3 is 6.03 Å². The Balaban J connectivity index is 1.88. The molecular weight excluding hydrogens is 274 g/mol. The fourth-order valence-corrected chi connectivity index (χ4v) is 2.48. The molecule has 2 amide bonds. The average Bonchev–Trinajstić information content (AvgIpc) is 2.93. The molecule has 1 aromatic heterocycles. The van der Waals surface area contributed by atoms with Crippen molar-refractivity contribution in [1.82, 2.24) is 10.3 Å². The molecule has 0 bridgehead atoms. The van der Waals surface area contributed by atoms with Gasteiger partial charge in [0.1, 0.15) is 0 Å². The van der Waals surface area contributed by atoms with Crippen molar-refractivity contribution >= 4 is 22.5 Å². The number of carbonyl (C=O) groups excluding carboxylic acids is 1. The Morgan fingerprint density at radius 3 is 2.75 bits per heavy atom. The van der Waals surface area contributed by atoms with E-state index in [4.69, 9.17) is 0 Å². The highest BCUT2D eigenvalue weighted by Gasteiger charge is 2.07. The van der Waals surface area contributed by atoms with Gasteiger partial charge in [0.2, 0.25) is 0 Å². The van der Waals surface area contributed by atoms with Gasteiger partial charge in [-0.25, -0.2) is 9.78 Å². The van der Waals surface area contributed by atoms with Gasteiger partial charge in [-0.05, 0) is 17.5 Å². The molecule has 0 saturated heterocycles. The number of anilines is 1. The summed E-state index contributed by atoms with van der Waals surface area (Å²) in [5.74, 6) is 0. The van der Waals surface area contributed by atoms with Gasteiger partial charge in [0, 0.05) is 17.6 Å². The summed E-state index contributed by atoms with van der Waals surface area (Å²) in [5, 5.41) is 15.3. The van der Waals surface area contributed by atoms with E-state index in [0.717, 1.165) is 22.4 Å². The van der Waals surface area contributed by atoms with Gasteiger partial charge in [0.05, 0.1) is 6.61 Å². The smallest absolute Gasteiger partial charge is 0.321 e. The fraction of sp³-hybridized carbons (Fsp3) is 0.286. The van der Waals surface area contributed by atoms with Crippen LogP contribution in [0.25, 0.3) is 0 Å². The summed E-state index contributed by atoms with van der Waals surface area (Å²) in [6.07, 6.45) is 2.67. The zero-order valence-electron chi connectivity index (χ0n) is 11.2. The highest BCUT2D eigenvalue weighted by atomic mass is 32.1. The number of hydrogen-bond acceptors (Lipinski definition) is 4. The number of urea groups is 1. The maximum atomic E-state index is 11.8. The Morgan fingerprint density at radius 2 is 2.10 bits per heavy atom. The molecule has 1 aromatic carbocycles. The second kappa shape index (κ2) is 7.02. The lowest BCUT2D eigenvalue weighted by Gasteiger charge is -2.08. The van der Waals surface area contributed by atoms with E-state index in [1.165, 1.54) is 11.3 Å². The third-order valence-electron chi connectivity index (χ3n) is 2.85. The maximum Gasteiger partial charge on any atom is 0.321 e. The first-order valence-corrected chi connectivity index (χ1v) is 7.21. The van der Waals surface area contributed by atoms with Gasteiger partial charge in [-0.15, -0.1) is 11.3 Å². The van der Waals surface area contributed by atoms with Crippen LogP contribution in [0.1, 0.15) is 22.9 Å². The number of thiazole rings is 1. The van der Waals surface area contributed by atoms with E-state index in [1.807, 2.05) is 31.2 Å². The van der Waals surface area contributed by atoms with Gasteiger partial charge in [0.25, 0.3) is 0 Å². The van der Waals surface area contributed by atoms with E-state index >= 15 is 0 Å². The maximum absolute atomic E-state index is 11.8. The van der Waals surface area contributed by atoms with Gasteiger partial charge < -0.3 is 10.4 Å². The fourth-order valence-electron chi connectivity index (χ4n) is 1.73. The minimum atomic E-state index is -0.297. The Bertz CT molecular complexity index is 583. The second-order valence-electron chi connectivity index (χ2n) is 4.22. The molecule has 0 unspecified atom stereocenters. The number of aryl methyl sites for hydroxylation is 1. The van der Waals surface area contributed by atoms with Crippen LogP contribution < -0.4 is 10.6 Å². The first-order valence-electron chi connectivity index (χ1n) is 6.40. The number of aliphatic hydroxyl groups is 1. The lowest BCUT2D eigenvalue weighted by Crippen LogP contribution is -2.28. The van der Waals surface area contributed by atoms with Crippen molar-refractivity contribution in [3.8, 4) is 0 Å². The van der Waals surface area contributed by atoms with Crippen molar-refractivity contribution in [2.75, 3.05) is 5.32 Å². The van der Waals surface area contributed by atoms with Crippen LogP contribution in [0, 0.1) is 0 Å². The number of nitrogens with one attached hydrogen (secondary N) is 2. The topological polar surface area (TPSA) is 74.2 Å². The van der Waals surface area contributed by atoms with Crippen LogP contribution in [0.5, 0.6) is 0 Å². The van der Waals surface area contributed by atoms with Crippen LogP contribution in [0.2, 0.25) is 0 Å². The molecule has 0 aliphatic rings. The van der Waals surface area contributed by atoms with E-state index in [0.29, 0.717) is 11.7 Å². The molecule has 0 aliphatic carbocycles. The zero-order chi connectivity index (χ0) is 14.4. The highest BCUT2D eigenvalue weighted by molar-refractivity contribution is 7.15. The lowest BCUT2D eigenvalue weighted by atomic mass is 10.1. The van der Waals surface area contributed by atoms with Crippen LogP contribution in [-0.2, 0) is 19.6 Å². The number of amides is 2. The van der Waals surface area contributed by atoms with Crippen molar-refractivity contribution < 1.29 is 9.90 Å². The van der Waals surface area contributed by atoms with Crippen molar-refractivity contribution in [2.24, 2.45) is 0 Å². The van der Waals surface area contributed by atoms with Gasteiger partial charge in [-0.2, -0.15) is 0 Å². The molecule has 0 saturated carbocycles. The van der Waals surface area contributed by atoms with Crippen molar-refractivity contribution in [2.45, 2.75) is 26.5 Å². The summed E-state index contributed by atoms with van der Waals surface area (Å²) in [5.41, 5.74) is 1.72. The van der Waals surface area contributed by atoms with Crippen LogP contribution >= 0.6 is 11.3 Å². The molecule has 5 nitrogen and oxygen atoms in total. The molecule has 106 valence electrons. The monoisotopic (exact) mass is 291 g/mol. The largest absolute Gasteiger partial charge is 0.392 e. The summed E-state index contributed by atoms with van der Waals surface area (Å²) >= 11 is 1.47. The van der Waals surface area contributed by atoms with E-state index < -0.39 is 0 Å². The predicted octanol–water partition coefficient (Wildman–Crippen LogP) is 2.52. The minimum absolute atomic E-state index is 0.0359. The molecule has 6 heteroatoms. The quantitative estimate of drug-likeness (QED) is 0.792. The third-order valence-corrected chi connectivity index (χ3v) is 3.91. The molecule has 0 radical (unpaired) electrons. The molecular formula is C14H17N3O2S. The summed E-state index contributed by atoms with van der Waals surface area (Å²) in [6.45, 7) is 2.38.